The molecule has 1 aliphatic heterocycles. The molecule has 0 bridgehead atoms. The fourth-order valence-corrected chi connectivity index (χ4v) is 4.81. The van der Waals surface area contributed by atoms with E-state index in [1.165, 1.54) is 37.9 Å². The lowest BCUT2D eigenvalue weighted by Crippen LogP contribution is -2.21. The van der Waals surface area contributed by atoms with Crippen LogP contribution in [0.3, 0.4) is 0 Å². The number of benzene rings is 2. The first kappa shape index (κ1) is 20.1. The van der Waals surface area contributed by atoms with E-state index in [-0.39, 0.29) is 40.4 Å². The molecule has 162 valence electrons. The van der Waals surface area contributed by atoms with Crippen LogP contribution in [0.1, 0.15) is 23.5 Å². The Bertz CT molecular complexity index is 1400. The largest absolute Gasteiger partial charge is 0.507 e. The number of phenols is 1. The van der Waals surface area contributed by atoms with Gasteiger partial charge >= 0.3 is 5.97 Å². The lowest BCUT2D eigenvalue weighted by molar-refractivity contribution is -0.135. The molecule has 0 spiro atoms. The molecule has 4 aromatic rings. The van der Waals surface area contributed by atoms with Gasteiger partial charge in [-0.15, -0.1) is 0 Å². The monoisotopic (exact) mass is 450 g/mol. The molecular weight excluding hydrogens is 432 g/mol. The normalized spacial score (nSPS) is 15.3. The van der Waals surface area contributed by atoms with Crippen molar-refractivity contribution in [3.8, 4) is 34.1 Å². The van der Waals surface area contributed by atoms with Gasteiger partial charge in [0.25, 0.3) is 0 Å². The minimum atomic E-state index is -0.406. The number of methoxy groups -OCH3 is 2. The Labute approximate surface area is 186 Å². The van der Waals surface area contributed by atoms with Crippen LogP contribution in [0.5, 0.6) is 23.0 Å². The molecule has 1 aliphatic rings. The highest BCUT2D eigenvalue weighted by molar-refractivity contribution is 7.08. The standard InChI is InChI=1S/C24H18O7S/c1-28-17-4-3-12(7-18(17)29-2)15-10-30-24-21-14(13-5-6-32-11-13)8-20(26)31-19(21)9-16(25)22(24)23(15)27/h3-7,9-11,14,25H,8H2,1-2H3. The van der Waals surface area contributed by atoms with E-state index in [1.54, 1.807) is 18.2 Å². The molecule has 0 amide bonds. The van der Waals surface area contributed by atoms with Crippen molar-refractivity contribution in [3.63, 3.8) is 0 Å². The third-order valence-electron chi connectivity index (χ3n) is 5.61. The van der Waals surface area contributed by atoms with Crippen molar-refractivity contribution in [2.45, 2.75) is 12.3 Å². The second-order valence-electron chi connectivity index (χ2n) is 7.35. The lowest BCUT2D eigenvalue weighted by Gasteiger charge is -2.25. The molecule has 2 aromatic carbocycles. The van der Waals surface area contributed by atoms with E-state index in [9.17, 15) is 14.7 Å². The maximum Gasteiger partial charge on any atom is 0.312 e. The number of hydrogen-bond acceptors (Lipinski definition) is 8. The summed E-state index contributed by atoms with van der Waals surface area (Å²) < 4.78 is 21.9. The number of thiophene rings is 1. The van der Waals surface area contributed by atoms with Gasteiger partial charge in [0.15, 0.2) is 11.5 Å². The first-order valence-electron chi connectivity index (χ1n) is 9.78. The Morgan fingerprint density at radius 3 is 2.62 bits per heavy atom. The molecule has 1 unspecified atom stereocenters. The number of esters is 1. The van der Waals surface area contributed by atoms with Gasteiger partial charge in [0, 0.05) is 17.5 Å². The summed E-state index contributed by atoms with van der Waals surface area (Å²) in [5, 5.41) is 14.6. The summed E-state index contributed by atoms with van der Waals surface area (Å²) in [4.78, 5) is 25.6. The molecule has 0 saturated carbocycles. The molecule has 0 radical (unpaired) electrons. The molecule has 8 heteroatoms. The van der Waals surface area contributed by atoms with Crippen molar-refractivity contribution >= 4 is 28.3 Å². The fourth-order valence-electron chi connectivity index (χ4n) is 4.09. The van der Waals surface area contributed by atoms with Crippen LogP contribution in [0.2, 0.25) is 0 Å². The van der Waals surface area contributed by atoms with Gasteiger partial charge in [0.1, 0.15) is 28.7 Å². The predicted octanol–water partition coefficient (Wildman–Crippen LogP) is 4.69. The first-order chi connectivity index (χ1) is 15.5. The van der Waals surface area contributed by atoms with Crippen molar-refractivity contribution in [2.24, 2.45) is 0 Å². The average Bonchev–Trinajstić information content (AvgIpc) is 3.32. The van der Waals surface area contributed by atoms with Crippen molar-refractivity contribution in [2.75, 3.05) is 14.2 Å². The number of carbonyl (C=O) groups excluding carboxylic acids is 1. The van der Waals surface area contributed by atoms with Crippen LogP contribution in [-0.2, 0) is 4.79 Å². The van der Waals surface area contributed by atoms with E-state index in [0.717, 1.165) is 5.56 Å². The van der Waals surface area contributed by atoms with E-state index in [2.05, 4.69) is 0 Å². The van der Waals surface area contributed by atoms with E-state index in [4.69, 9.17) is 18.6 Å². The summed E-state index contributed by atoms with van der Waals surface area (Å²) in [7, 11) is 3.04. The molecule has 1 N–H and O–H groups in total. The summed E-state index contributed by atoms with van der Waals surface area (Å²) in [6.45, 7) is 0. The molecule has 3 heterocycles. The highest BCUT2D eigenvalue weighted by Gasteiger charge is 2.33. The SMILES string of the molecule is COc1ccc(-c2coc3c4c(cc(O)c3c2=O)OC(=O)CC4c2ccsc2)cc1OC. The van der Waals surface area contributed by atoms with E-state index in [0.29, 0.717) is 22.6 Å². The minimum absolute atomic E-state index is 0.0363. The lowest BCUT2D eigenvalue weighted by atomic mass is 9.86. The Balaban J connectivity index is 1.75. The van der Waals surface area contributed by atoms with E-state index in [1.807, 2.05) is 16.8 Å². The molecule has 2 aromatic heterocycles. The maximum atomic E-state index is 13.4. The van der Waals surface area contributed by atoms with Crippen molar-refractivity contribution in [1.82, 2.24) is 0 Å². The van der Waals surface area contributed by atoms with E-state index >= 15 is 0 Å². The number of rotatable bonds is 4. The highest BCUT2D eigenvalue weighted by atomic mass is 32.1. The fraction of sp³-hybridized carbons (Fsp3) is 0.167. The van der Waals surface area contributed by atoms with Crippen molar-refractivity contribution in [3.05, 3.63) is 68.7 Å². The quantitative estimate of drug-likeness (QED) is 0.356. The summed E-state index contributed by atoms with van der Waals surface area (Å²) in [6, 6.07) is 8.31. The second kappa shape index (κ2) is 7.72. The van der Waals surface area contributed by atoms with Crippen LogP contribution in [0, 0.1) is 0 Å². The summed E-state index contributed by atoms with van der Waals surface area (Å²) in [5.74, 6) is 0.132. The van der Waals surface area contributed by atoms with E-state index < -0.39 is 11.4 Å². The zero-order valence-corrected chi connectivity index (χ0v) is 18.0. The summed E-state index contributed by atoms with van der Waals surface area (Å²) >= 11 is 1.51. The van der Waals surface area contributed by atoms with Crippen LogP contribution in [0.25, 0.3) is 22.1 Å². The Morgan fingerprint density at radius 2 is 1.91 bits per heavy atom. The Kier molecular flexibility index (Phi) is 4.86. The maximum absolute atomic E-state index is 13.4. The molecule has 0 aliphatic carbocycles. The molecule has 7 nitrogen and oxygen atoms in total. The Morgan fingerprint density at radius 1 is 1.09 bits per heavy atom. The third-order valence-corrected chi connectivity index (χ3v) is 6.31. The van der Waals surface area contributed by atoms with Crippen LogP contribution < -0.4 is 19.6 Å². The van der Waals surface area contributed by atoms with Gasteiger partial charge in [0.05, 0.1) is 26.2 Å². The molecular formula is C24H18O7S. The third kappa shape index (κ3) is 3.11. The summed E-state index contributed by atoms with van der Waals surface area (Å²) in [6.07, 6.45) is 1.47. The molecule has 0 fully saturated rings. The first-order valence-corrected chi connectivity index (χ1v) is 10.7. The van der Waals surface area contributed by atoms with Gasteiger partial charge in [-0.25, -0.2) is 0 Å². The van der Waals surface area contributed by atoms with Crippen molar-refractivity contribution < 1.29 is 28.5 Å². The number of fused-ring (bicyclic) bond motifs is 3. The van der Waals surface area contributed by atoms with Crippen LogP contribution >= 0.6 is 11.3 Å². The van der Waals surface area contributed by atoms with Gasteiger partial charge in [-0.05, 0) is 40.1 Å². The minimum Gasteiger partial charge on any atom is -0.507 e. The second-order valence-corrected chi connectivity index (χ2v) is 8.13. The number of carbonyl (C=O) groups is 1. The van der Waals surface area contributed by atoms with Gasteiger partial charge in [-0.1, -0.05) is 6.07 Å². The zero-order valence-electron chi connectivity index (χ0n) is 17.2. The molecule has 32 heavy (non-hydrogen) atoms. The predicted molar refractivity (Wildman–Crippen MR) is 119 cm³/mol. The van der Waals surface area contributed by atoms with Crippen molar-refractivity contribution in [1.29, 1.82) is 0 Å². The zero-order chi connectivity index (χ0) is 22.4. The highest BCUT2D eigenvalue weighted by Crippen LogP contribution is 2.46. The van der Waals surface area contributed by atoms with Crippen LogP contribution in [0.15, 0.2) is 56.6 Å². The number of aromatic hydroxyl groups is 1. The number of hydrogen-bond donors (Lipinski definition) is 1. The van der Waals surface area contributed by atoms with Crippen LogP contribution in [0.4, 0.5) is 0 Å². The van der Waals surface area contributed by atoms with Crippen LogP contribution in [-0.4, -0.2) is 25.3 Å². The molecule has 5 rings (SSSR count). The number of phenolic OH excluding ortho intramolecular Hbond substituents is 1. The van der Waals surface area contributed by atoms with Gasteiger partial charge in [-0.2, -0.15) is 11.3 Å². The van der Waals surface area contributed by atoms with Gasteiger partial charge in [0.2, 0.25) is 5.43 Å². The molecule has 0 saturated heterocycles. The van der Waals surface area contributed by atoms with Gasteiger partial charge in [-0.3, -0.25) is 9.59 Å². The molecule has 1 atom stereocenters. The summed E-state index contributed by atoms with van der Waals surface area (Å²) in [5.41, 5.74) is 2.11. The topological polar surface area (TPSA) is 95.2 Å². The number of ether oxygens (including phenoxy) is 3. The van der Waals surface area contributed by atoms with Gasteiger partial charge < -0.3 is 23.7 Å². The Hall–Kier alpha value is -3.78. The smallest absolute Gasteiger partial charge is 0.312 e. The average molecular weight is 450 g/mol.